The molecule has 4 heteroatoms. The summed E-state index contributed by atoms with van der Waals surface area (Å²) in [5, 5.41) is 6.53. The van der Waals surface area contributed by atoms with Gasteiger partial charge in [0.25, 0.3) is 0 Å². The maximum Gasteiger partial charge on any atom is 0.224 e. The number of rotatable bonds is 6. The van der Waals surface area contributed by atoms with Crippen LogP contribution in [0.3, 0.4) is 0 Å². The highest BCUT2D eigenvalue weighted by Crippen LogP contribution is 2.33. The van der Waals surface area contributed by atoms with Crippen molar-refractivity contribution in [3.63, 3.8) is 0 Å². The van der Waals surface area contributed by atoms with Crippen LogP contribution >= 0.6 is 0 Å². The van der Waals surface area contributed by atoms with Crippen LogP contribution in [0.5, 0.6) is 5.75 Å². The third-order valence-electron chi connectivity index (χ3n) is 4.27. The number of para-hydroxylation sites is 1. The molecule has 1 aromatic carbocycles. The Morgan fingerprint density at radius 1 is 1.30 bits per heavy atom. The molecule has 1 amide bonds. The zero-order valence-corrected chi connectivity index (χ0v) is 11.7. The molecular weight excluding hydrogens is 252 g/mol. The van der Waals surface area contributed by atoms with Gasteiger partial charge in [-0.2, -0.15) is 0 Å². The SMILES string of the molecule is O=C(NCCCOc1ccccc1)C1CC2CCC1N2. The summed E-state index contributed by atoms with van der Waals surface area (Å²) in [5.41, 5.74) is 0. The molecule has 2 fully saturated rings. The van der Waals surface area contributed by atoms with E-state index in [1.54, 1.807) is 0 Å². The minimum absolute atomic E-state index is 0.184. The Labute approximate surface area is 119 Å². The van der Waals surface area contributed by atoms with Crippen LogP contribution in [0.25, 0.3) is 0 Å². The molecule has 20 heavy (non-hydrogen) atoms. The van der Waals surface area contributed by atoms with E-state index in [4.69, 9.17) is 4.74 Å². The number of fused-ring (bicyclic) bond motifs is 2. The number of hydrogen-bond acceptors (Lipinski definition) is 3. The Kier molecular flexibility index (Phi) is 4.21. The molecule has 2 N–H and O–H groups in total. The van der Waals surface area contributed by atoms with E-state index in [9.17, 15) is 4.79 Å². The molecule has 1 aromatic rings. The molecule has 0 saturated carbocycles. The van der Waals surface area contributed by atoms with Crippen molar-refractivity contribution in [2.24, 2.45) is 5.92 Å². The Balaban J connectivity index is 1.31. The third kappa shape index (κ3) is 3.12. The van der Waals surface area contributed by atoms with Gasteiger partial charge in [0, 0.05) is 18.6 Å². The highest BCUT2D eigenvalue weighted by Gasteiger charge is 2.42. The van der Waals surface area contributed by atoms with Gasteiger partial charge in [-0.1, -0.05) is 18.2 Å². The third-order valence-corrected chi connectivity index (χ3v) is 4.27. The average molecular weight is 274 g/mol. The summed E-state index contributed by atoms with van der Waals surface area (Å²) in [4.78, 5) is 12.1. The highest BCUT2D eigenvalue weighted by atomic mass is 16.5. The molecule has 4 nitrogen and oxygen atoms in total. The van der Waals surface area contributed by atoms with E-state index < -0.39 is 0 Å². The van der Waals surface area contributed by atoms with Gasteiger partial charge < -0.3 is 15.4 Å². The normalized spacial score (nSPS) is 27.5. The minimum Gasteiger partial charge on any atom is -0.494 e. The van der Waals surface area contributed by atoms with Crippen molar-refractivity contribution in [1.29, 1.82) is 0 Å². The Morgan fingerprint density at radius 2 is 2.15 bits per heavy atom. The maximum atomic E-state index is 12.1. The summed E-state index contributed by atoms with van der Waals surface area (Å²) in [6.45, 7) is 1.33. The van der Waals surface area contributed by atoms with Crippen LogP contribution in [-0.4, -0.2) is 31.1 Å². The van der Waals surface area contributed by atoms with Gasteiger partial charge in [0.05, 0.1) is 12.5 Å². The van der Waals surface area contributed by atoms with Crippen molar-refractivity contribution in [3.8, 4) is 5.75 Å². The van der Waals surface area contributed by atoms with Gasteiger partial charge in [0.1, 0.15) is 5.75 Å². The van der Waals surface area contributed by atoms with Gasteiger partial charge in [0.2, 0.25) is 5.91 Å². The van der Waals surface area contributed by atoms with Crippen LogP contribution < -0.4 is 15.4 Å². The maximum absolute atomic E-state index is 12.1. The van der Waals surface area contributed by atoms with E-state index in [1.807, 2.05) is 30.3 Å². The van der Waals surface area contributed by atoms with Crippen LogP contribution in [0.15, 0.2) is 30.3 Å². The molecule has 3 unspecified atom stereocenters. The second kappa shape index (κ2) is 6.27. The number of ether oxygens (including phenoxy) is 1. The minimum atomic E-state index is 0.184. The van der Waals surface area contributed by atoms with Crippen LogP contribution in [0.1, 0.15) is 25.7 Å². The van der Waals surface area contributed by atoms with Crippen LogP contribution in [0.2, 0.25) is 0 Å². The van der Waals surface area contributed by atoms with Crippen LogP contribution in [0, 0.1) is 5.92 Å². The van der Waals surface area contributed by atoms with Crippen molar-refractivity contribution in [3.05, 3.63) is 30.3 Å². The molecular formula is C16H22N2O2. The summed E-state index contributed by atoms with van der Waals surface area (Å²) >= 11 is 0. The van der Waals surface area contributed by atoms with Crippen LogP contribution in [0.4, 0.5) is 0 Å². The van der Waals surface area contributed by atoms with Crippen molar-refractivity contribution in [1.82, 2.24) is 10.6 Å². The number of hydrogen-bond donors (Lipinski definition) is 2. The second-order valence-corrected chi connectivity index (χ2v) is 5.70. The van der Waals surface area contributed by atoms with Crippen molar-refractivity contribution < 1.29 is 9.53 Å². The lowest BCUT2D eigenvalue weighted by Crippen LogP contribution is -2.38. The van der Waals surface area contributed by atoms with E-state index in [1.165, 1.54) is 6.42 Å². The van der Waals surface area contributed by atoms with Crippen molar-refractivity contribution in [2.75, 3.05) is 13.2 Å². The van der Waals surface area contributed by atoms with Gasteiger partial charge in [-0.25, -0.2) is 0 Å². The second-order valence-electron chi connectivity index (χ2n) is 5.70. The van der Waals surface area contributed by atoms with E-state index >= 15 is 0 Å². The summed E-state index contributed by atoms with van der Waals surface area (Å²) in [6.07, 6.45) is 4.24. The van der Waals surface area contributed by atoms with Gasteiger partial charge in [0.15, 0.2) is 0 Å². The lowest BCUT2D eigenvalue weighted by Gasteiger charge is -2.19. The quantitative estimate of drug-likeness (QED) is 0.777. The fourth-order valence-corrected chi connectivity index (χ4v) is 3.24. The van der Waals surface area contributed by atoms with Gasteiger partial charge >= 0.3 is 0 Å². The summed E-state index contributed by atoms with van der Waals surface area (Å²) < 4.78 is 5.60. The first-order valence-corrected chi connectivity index (χ1v) is 7.54. The van der Waals surface area contributed by atoms with Gasteiger partial charge in [-0.15, -0.1) is 0 Å². The summed E-state index contributed by atoms with van der Waals surface area (Å²) in [6, 6.07) is 10.8. The zero-order valence-electron chi connectivity index (χ0n) is 11.7. The van der Waals surface area contributed by atoms with Gasteiger partial charge in [-0.05, 0) is 37.8 Å². The Morgan fingerprint density at radius 3 is 2.85 bits per heavy atom. The zero-order chi connectivity index (χ0) is 13.8. The smallest absolute Gasteiger partial charge is 0.224 e. The first kappa shape index (κ1) is 13.4. The molecule has 2 aliphatic heterocycles. The Hall–Kier alpha value is -1.55. The van der Waals surface area contributed by atoms with Gasteiger partial charge in [-0.3, -0.25) is 4.79 Å². The number of carbonyl (C=O) groups is 1. The van der Waals surface area contributed by atoms with E-state index in [-0.39, 0.29) is 11.8 Å². The van der Waals surface area contributed by atoms with Crippen molar-refractivity contribution >= 4 is 5.91 Å². The molecule has 0 spiro atoms. The lowest BCUT2D eigenvalue weighted by molar-refractivity contribution is -0.125. The summed E-state index contributed by atoms with van der Waals surface area (Å²) in [7, 11) is 0. The number of nitrogens with one attached hydrogen (secondary N) is 2. The average Bonchev–Trinajstić information content (AvgIpc) is 3.10. The predicted molar refractivity (Wildman–Crippen MR) is 77.6 cm³/mol. The molecule has 2 bridgehead atoms. The number of amides is 1. The molecule has 0 radical (unpaired) electrons. The fourth-order valence-electron chi connectivity index (χ4n) is 3.24. The molecule has 2 aliphatic rings. The molecule has 2 heterocycles. The fraction of sp³-hybridized carbons (Fsp3) is 0.562. The topological polar surface area (TPSA) is 50.4 Å². The summed E-state index contributed by atoms with van der Waals surface area (Å²) in [5.74, 6) is 1.28. The molecule has 3 rings (SSSR count). The molecule has 2 saturated heterocycles. The largest absolute Gasteiger partial charge is 0.494 e. The molecule has 3 atom stereocenters. The lowest BCUT2D eigenvalue weighted by atomic mass is 9.88. The van der Waals surface area contributed by atoms with Crippen LogP contribution in [-0.2, 0) is 4.79 Å². The number of benzene rings is 1. The molecule has 108 valence electrons. The number of carbonyl (C=O) groups excluding carboxylic acids is 1. The first-order chi connectivity index (χ1) is 9.83. The Bertz CT molecular complexity index is 449. The molecule has 0 aliphatic carbocycles. The van der Waals surface area contributed by atoms with Crippen molar-refractivity contribution in [2.45, 2.75) is 37.8 Å². The monoisotopic (exact) mass is 274 g/mol. The van der Waals surface area contributed by atoms with E-state index in [0.717, 1.165) is 25.0 Å². The molecule has 0 aromatic heterocycles. The predicted octanol–water partition coefficient (Wildman–Crippen LogP) is 1.71. The van der Waals surface area contributed by atoms with E-state index in [2.05, 4.69) is 10.6 Å². The standard InChI is InChI=1S/C16H22N2O2/c19-16(14-11-12-7-8-15(14)18-12)17-9-4-10-20-13-5-2-1-3-6-13/h1-3,5-6,12,14-15,18H,4,7-11H2,(H,17,19). The highest BCUT2D eigenvalue weighted by molar-refractivity contribution is 5.80. The first-order valence-electron chi connectivity index (χ1n) is 7.54. The van der Waals surface area contributed by atoms with E-state index in [0.29, 0.717) is 25.2 Å².